The summed E-state index contributed by atoms with van der Waals surface area (Å²) in [6.45, 7) is 4.22. The Morgan fingerprint density at radius 1 is 1.14 bits per heavy atom. The molecule has 0 radical (unpaired) electrons. The number of esters is 1. The molecule has 2 nitrogen and oxygen atoms in total. The number of carbonyl (C=O) groups is 1. The maximum atomic E-state index is 10.4. The molecule has 0 rings (SSSR count). The summed E-state index contributed by atoms with van der Waals surface area (Å²) >= 11 is 0. The lowest BCUT2D eigenvalue weighted by molar-refractivity contribution is -0.141. The van der Waals surface area contributed by atoms with Crippen LogP contribution in [0.5, 0.6) is 0 Å². The van der Waals surface area contributed by atoms with E-state index in [0.717, 1.165) is 19.3 Å². The van der Waals surface area contributed by atoms with Gasteiger partial charge in [0, 0.05) is 6.92 Å². The molecule has 0 aliphatic carbocycles. The smallest absolute Gasteiger partial charge is 0.302 e. The monoisotopic (exact) mass is 198 g/mol. The first kappa shape index (κ1) is 13.2. The van der Waals surface area contributed by atoms with E-state index in [2.05, 4.69) is 19.1 Å². The Labute approximate surface area is 87.3 Å². The molecule has 0 heterocycles. The quantitative estimate of drug-likeness (QED) is 0.339. The third kappa shape index (κ3) is 11.2. The average Bonchev–Trinajstić information content (AvgIpc) is 2.15. The molecule has 2 heteroatoms. The van der Waals surface area contributed by atoms with Gasteiger partial charge >= 0.3 is 5.97 Å². The van der Waals surface area contributed by atoms with Gasteiger partial charge in [-0.1, -0.05) is 31.9 Å². The third-order valence-electron chi connectivity index (χ3n) is 1.96. The van der Waals surface area contributed by atoms with Gasteiger partial charge in [-0.25, -0.2) is 0 Å². The fourth-order valence-electron chi connectivity index (χ4n) is 1.14. The van der Waals surface area contributed by atoms with E-state index in [9.17, 15) is 4.79 Å². The molecule has 0 unspecified atom stereocenters. The summed E-state index contributed by atoms with van der Waals surface area (Å²) < 4.78 is 4.82. The van der Waals surface area contributed by atoms with Crippen molar-refractivity contribution in [1.29, 1.82) is 0 Å². The minimum Gasteiger partial charge on any atom is -0.466 e. The van der Waals surface area contributed by atoms with Gasteiger partial charge in [-0.05, 0) is 25.7 Å². The first-order chi connectivity index (χ1) is 6.77. The second kappa shape index (κ2) is 10.3. The summed E-state index contributed by atoms with van der Waals surface area (Å²) in [7, 11) is 0. The number of hydrogen-bond acceptors (Lipinski definition) is 2. The van der Waals surface area contributed by atoms with Gasteiger partial charge < -0.3 is 4.74 Å². The van der Waals surface area contributed by atoms with E-state index in [4.69, 9.17) is 4.74 Å². The highest BCUT2D eigenvalue weighted by molar-refractivity contribution is 5.65. The first-order valence-corrected chi connectivity index (χ1v) is 5.55. The van der Waals surface area contributed by atoms with Crippen molar-refractivity contribution in [2.75, 3.05) is 6.61 Å². The average molecular weight is 198 g/mol. The number of hydrogen-bond donors (Lipinski definition) is 0. The van der Waals surface area contributed by atoms with Gasteiger partial charge in [0.2, 0.25) is 0 Å². The van der Waals surface area contributed by atoms with E-state index in [1.807, 2.05) is 0 Å². The lowest BCUT2D eigenvalue weighted by atomic mass is 10.2. The summed E-state index contributed by atoms with van der Waals surface area (Å²) in [5.74, 6) is -0.177. The van der Waals surface area contributed by atoms with Crippen LogP contribution in [-0.4, -0.2) is 12.6 Å². The SMILES string of the molecule is CCCCC=CCCCCOC(C)=O. The van der Waals surface area contributed by atoms with Crippen molar-refractivity contribution in [3.63, 3.8) is 0 Å². The Kier molecular flexibility index (Phi) is 9.71. The summed E-state index contributed by atoms with van der Waals surface area (Å²) in [4.78, 5) is 10.4. The van der Waals surface area contributed by atoms with Crippen LogP contribution < -0.4 is 0 Å². The molecule has 0 bridgehead atoms. The molecular formula is C12H22O2. The van der Waals surface area contributed by atoms with Crippen LogP contribution >= 0.6 is 0 Å². The van der Waals surface area contributed by atoms with Gasteiger partial charge in [-0.15, -0.1) is 0 Å². The Balaban J connectivity index is 3.05. The number of allylic oxidation sites excluding steroid dienone is 2. The second-order valence-corrected chi connectivity index (χ2v) is 3.45. The maximum Gasteiger partial charge on any atom is 0.302 e. The van der Waals surface area contributed by atoms with Crippen molar-refractivity contribution in [3.8, 4) is 0 Å². The standard InChI is InChI=1S/C12H22O2/c1-3-4-5-6-7-8-9-10-11-14-12(2)13/h6-7H,3-5,8-11H2,1-2H3. The topological polar surface area (TPSA) is 26.3 Å². The first-order valence-electron chi connectivity index (χ1n) is 5.55. The van der Waals surface area contributed by atoms with Crippen molar-refractivity contribution >= 4 is 5.97 Å². The normalized spacial score (nSPS) is 10.7. The van der Waals surface area contributed by atoms with Crippen molar-refractivity contribution in [3.05, 3.63) is 12.2 Å². The molecule has 82 valence electrons. The van der Waals surface area contributed by atoms with Crippen LogP contribution in [0.25, 0.3) is 0 Å². The van der Waals surface area contributed by atoms with E-state index in [0.29, 0.717) is 6.61 Å². The number of ether oxygens (including phenoxy) is 1. The van der Waals surface area contributed by atoms with E-state index in [1.165, 1.54) is 26.2 Å². The molecule has 0 atom stereocenters. The fraction of sp³-hybridized carbons (Fsp3) is 0.750. The molecule has 0 spiro atoms. The fourth-order valence-corrected chi connectivity index (χ4v) is 1.14. The maximum absolute atomic E-state index is 10.4. The molecule has 0 amide bonds. The predicted octanol–water partition coefficient (Wildman–Crippen LogP) is 3.47. The molecule has 0 fully saturated rings. The van der Waals surface area contributed by atoms with Crippen LogP contribution in [0, 0.1) is 0 Å². The zero-order chi connectivity index (χ0) is 10.6. The highest BCUT2D eigenvalue weighted by Gasteiger charge is 1.91. The molecule has 0 aromatic carbocycles. The number of unbranched alkanes of at least 4 members (excludes halogenated alkanes) is 4. The lowest BCUT2D eigenvalue weighted by Crippen LogP contribution is -1.99. The van der Waals surface area contributed by atoms with Crippen LogP contribution in [-0.2, 0) is 9.53 Å². The molecule has 0 N–H and O–H groups in total. The Bertz CT molecular complexity index is 162. The van der Waals surface area contributed by atoms with Crippen LogP contribution in [0.1, 0.15) is 52.4 Å². The molecule has 0 saturated carbocycles. The van der Waals surface area contributed by atoms with Crippen LogP contribution in [0.3, 0.4) is 0 Å². The van der Waals surface area contributed by atoms with Crippen LogP contribution in [0.4, 0.5) is 0 Å². The molecule has 0 aromatic rings. The van der Waals surface area contributed by atoms with Crippen LogP contribution in [0.15, 0.2) is 12.2 Å². The van der Waals surface area contributed by atoms with Crippen molar-refractivity contribution in [1.82, 2.24) is 0 Å². The Hall–Kier alpha value is -0.790. The molecule has 0 saturated heterocycles. The molecular weight excluding hydrogens is 176 g/mol. The molecule has 0 aliphatic rings. The Morgan fingerprint density at radius 2 is 1.79 bits per heavy atom. The minimum absolute atomic E-state index is 0.177. The zero-order valence-corrected chi connectivity index (χ0v) is 9.42. The summed E-state index contributed by atoms with van der Waals surface area (Å²) in [6, 6.07) is 0. The van der Waals surface area contributed by atoms with Gasteiger partial charge in [0.15, 0.2) is 0 Å². The van der Waals surface area contributed by atoms with Gasteiger partial charge in [-0.3, -0.25) is 4.79 Å². The predicted molar refractivity (Wildman–Crippen MR) is 59.1 cm³/mol. The van der Waals surface area contributed by atoms with Gasteiger partial charge in [0.05, 0.1) is 6.61 Å². The third-order valence-corrected chi connectivity index (χ3v) is 1.96. The summed E-state index contributed by atoms with van der Waals surface area (Å²) in [5.41, 5.74) is 0. The van der Waals surface area contributed by atoms with E-state index < -0.39 is 0 Å². The number of rotatable bonds is 8. The highest BCUT2D eigenvalue weighted by atomic mass is 16.5. The van der Waals surface area contributed by atoms with Gasteiger partial charge in [0.25, 0.3) is 0 Å². The molecule has 0 aliphatic heterocycles. The van der Waals surface area contributed by atoms with Crippen molar-refractivity contribution < 1.29 is 9.53 Å². The molecule has 0 aromatic heterocycles. The summed E-state index contributed by atoms with van der Waals surface area (Å²) in [6.07, 6.45) is 11.4. The van der Waals surface area contributed by atoms with Gasteiger partial charge in [0.1, 0.15) is 0 Å². The van der Waals surface area contributed by atoms with Crippen molar-refractivity contribution in [2.45, 2.75) is 52.4 Å². The molecule has 14 heavy (non-hydrogen) atoms. The largest absolute Gasteiger partial charge is 0.466 e. The van der Waals surface area contributed by atoms with E-state index in [-0.39, 0.29) is 5.97 Å². The highest BCUT2D eigenvalue weighted by Crippen LogP contribution is 2.00. The lowest BCUT2D eigenvalue weighted by Gasteiger charge is -1.99. The van der Waals surface area contributed by atoms with E-state index in [1.54, 1.807) is 0 Å². The number of carbonyl (C=O) groups excluding carboxylic acids is 1. The van der Waals surface area contributed by atoms with Gasteiger partial charge in [-0.2, -0.15) is 0 Å². The zero-order valence-electron chi connectivity index (χ0n) is 9.42. The Morgan fingerprint density at radius 3 is 2.36 bits per heavy atom. The summed E-state index contributed by atoms with van der Waals surface area (Å²) in [5, 5.41) is 0. The van der Waals surface area contributed by atoms with E-state index >= 15 is 0 Å². The second-order valence-electron chi connectivity index (χ2n) is 3.45. The van der Waals surface area contributed by atoms with Crippen molar-refractivity contribution in [2.24, 2.45) is 0 Å². The van der Waals surface area contributed by atoms with Crippen LogP contribution in [0.2, 0.25) is 0 Å². The minimum atomic E-state index is -0.177.